The van der Waals surface area contributed by atoms with Gasteiger partial charge in [-0.2, -0.15) is 0 Å². The van der Waals surface area contributed by atoms with Crippen LogP contribution in [0, 0.1) is 5.92 Å². The van der Waals surface area contributed by atoms with Crippen LogP contribution in [0.15, 0.2) is 24.3 Å². The second kappa shape index (κ2) is 5.12. The topological polar surface area (TPSA) is 40.5 Å². The first-order valence-electron chi connectivity index (χ1n) is 5.73. The Kier molecular flexibility index (Phi) is 3.57. The van der Waals surface area contributed by atoms with Crippen LogP contribution >= 0.6 is 0 Å². The number of phenols is 1. The molecule has 16 heavy (non-hydrogen) atoms. The molecule has 1 aromatic carbocycles. The number of nitrogens with zero attached hydrogens (tertiary/aromatic N) is 1. The second-order valence-electron chi connectivity index (χ2n) is 4.44. The molecule has 0 aliphatic carbocycles. The average molecular weight is 219 g/mol. The second-order valence-corrected chi connectivity index (χ2v) is 4.44. The number of carbonyl (C=O) groups excluding carboxylic acids is 1. The summed E-state index contributed by atoms with van der Waals surface area (Å²) in [5, 5.41) is 9.18. The summed E-state index contributed by atoms with van der Waals surface area (Å²) in [5.41, 5.74) is 1.18. The van der Waals surface area contributed by atoms with E-state index in [4.69, 9.17) is 0 Å². The van der Waals surface area contributed by atoms with Gasteiger partial charge in [-0.3, -0.25) is 4.90 Å². The van der Waals surface area contributed by atoms with Crippen molar-refractivity contribution < 1.29 is 9.90 Å². The number of carbonyl (C=O) groups is 1. The maximum absolute atomic E-state index is 10.7. The monoisotopic (exact) mass is 219 g/mol. The van der Waals surface area contributed by atoms with Crippen molar-refractivity contribution >= 4 is 6.29 Å². The molecule has 1 aromatic rings. The highest BCUT2D eigenvalue weighted by molar-refractivity contribution is 5.53. The van der Waals surface area contributed by atoms with Gasteiger partial charge in [0.2, 0.25) is 0 Å². The van der Waals surface area contributed by atoms with Crippen LogP contribution in [-0.4, -0.2) is 29.4 Å². The van der Waals surface area contributed by atoms with Crippen molar-refractivity contribution in [2.75, 3.05) is 13.1 Å². The van der Waals surface area contributed by atoms with Gasteiger partial charge in [-0.05, 0) is 37.1 Å². The highest BCUT2D eigenvalue weighted by atomic mass is 16.3. The lowest BCUT2D eigenvalue weighted by molar-refractivity contribution is -0.112. The summed E-state index contributed by atoms with van der Waals surface area (Å²) >= 11 is 0. The van der Waals surface area contributed by atoms with Gasteiger partial charge < -0.3 is 9.90 Å². The van der Waals surface area contributed by atoms with Gasteiger partial charge in [-0.15, -0.1) is 0 Å². The van der Waals surface area contributed by atoms with Crippen molar-refractivity contribution in [2.24, 2.45) is 5.92 Å². The lowest BCUT2D eigenvalue weighted by atomic mass is 9.99. The molecule has 0 saturated carbocycles. The molecule has 0 aromatic heterocycles. The van der Waals surface area contributed by atoms with E-state index in [9.17, 15) is 9.90 Å². The molecule has 2 rings (SSSR count). The molecule has 86 valence electrons. The molecule has 0 bridgehead atoms. The molecule has 1 N–H and O–H groups in total. The first kappa shape index (κ1) is 11.1. The predicted molar refractivity (Wildman–Crippen MR) is 62.2 cm³/mol. The number of aromatic hydroxyl groups is 1. The summed E-state index contributed by atoms with van der Waals surface area (Å²) in [4.78, 5) is 13.0. The zero-order valence-electron chi connectivity index (χ0n) is 9.30. The first-order valence-corrected chi connectivity index (χ1v) is 5.73. The minimum absolute atomic E-state index is 0.200. The average Bonchev–Trinajstić information content (AvgIpc) is 2.32. The van der Waals surface area contributed by atoms with E-state index in [1.807, 2.05) is 12.1 Å². The third-order valence-corrected chi connectivity index (χ3v) is 3.08. The molecular weight excluding hydrogens is 202 g/mol. The van der Waals surface area contributed by atoms with Gasteiger partial charge >= 0.3 is 0 Å². The Balaban J connectivity index is 1.93. The van der Waals surface area contributed by atoms with Crippen LogP contribution in [0.2, 0.25) is 0 Å². The van der Waals surface area contributed by atoms with Crippen molar-refractivity contribution in [3.05, 3.63) is 29.8 Å². The quantitative estimate of drug-likeness (QED) is 0.788. The van der Waals surface area contributed by atoms with E-state index in [0.29, 0.717) is 5.75 Å². The number of rotatable bonds is 3. The fourth-order valence-electron chi connectivity index (χ4n) is 2.21. The predicted octanol–water partition coefficient (Wildman–Crippen LogP) is 1.80. The van der Waals surface area contributed by atoms with E-state index >= 15 is 0 Å². The lowest BCUT2D eigenvalue weighted by Gasteiger charge is -2.30. The van der Waals surface area contributed by atoms with Crippen LogP contribution < -0.4 is 0 Å². The van der Waals surface area contributed by atoms with Gasteiger partial charge in [-0.1, -0.05) is 12.1 Å². The smallest absolute Gasteiger partial charge is 0.124 e. The number of benzene rings is 1. The largest absolute Gasteiger partial charge is 0.508 e. The number of phenolic OH excluding ortho intramolecular Hbond substituents is 1. The summed E-state index contributed by atoms with van der Waals surface area (Å²) in [6, 6.07) is 7.27. The van der Waals surface area contributed by atoms with Crippen LogP contribution in [-0.2, 0) is 11.3 Å². The van der Waals surface area contributed by atoms with Gasteiger partial charge in [0.25, 0.3) is 0 Å². The van der Waals surface area contributed by atoms with E-state index in [1.165, 1.54) is 5.56 Å². The third-order valence-electron chi connectivity index (χ3n) is 3.08. The third kappa shape index (κ3) is 2.83. The summed E-state index contributed by atoms with van der Waals surface area (Å²) in [5.74, 6) is 0.499. The van der Waals surface area contributed by atoms with Crippen LogP contribution in [0.25, 0.3) is 0 Å². The van der Waals surface area contributed by atoms with E-state index in [2.05, 4.69) is 4.90 Å². The number of piperidine rings is 1. The summed E-state index contributed by atoms with van der Waals surface area (Å²) in [6.45, 7) is 2.79. The van der Waals surface area contributed by atoms with E-state index in [-0.39, 0.29) is 5.92 Å². The van der Waals surface area contributed by atoms with Crippen molar-refractivity contribution in [1.82, 2.24) is 4.90 Å². The standard InChI is InChI=1S/C13H17NO2/c15-10-12-2-1-7-14(9-12)8-11-3-5-13(16)6-4-11/h3-6,10,12,16H,1-2,7-9H2. The van der Waals surface area contributed by atoms with E-state index in [1.54, 1.807) is 12.1 Å². The Labute approximate surface area is 95.7 Å². The Morgan fingerprint density at radius 3 is 2.81 bits per heavy atom. The maximum atomic E-state index is 10.7. The van der Waals surface area contributed by atoms with Crippen molar-refractivity contribution in [3.63, 3.8) is 0 Å². The molecular formula is C13H17NO2. The van der Waals surface area contributed by atoms with Crippen LogP contribution in [0.5, 0.6) is 5.75 Å². The maximum Gasteiger partial charge on any atom is 0.124 e. The normalized spacial score (nSPS) is 21.9. The molecule has 1 atom stereocenters. The molecule has 0 amide bonds. The Bertz CT molecular complexity index is 347. The molecule has 0 radical (unpaired) electrons. The number of hydrogen-bond donors (Lipinski definition) is 1. The molecule has 3 heteroatoms. The molecule has 1 aliphatic rings. The Morgan fingerprint density at radius 2 is 2.12 bits per heavy atom. The van der Waals surface area contributed by atoms with E-state index < -0.39 is 0 Å². The number of aldehydes is 1. The van der Waals surface area contributed by atoms with Crippen molar-refractivity contribution in [2.45, 2.75) is 19.4 Å². The summed E-state index contributed by atoms with van der Waals surface area (Å²) < 4.78 is 0. The van der Waals surface area contributed by atoms with E-state index in [0.717, 1.165) is 38.8 Å². The molecule has 3 nitrogen and oxygen atoms in total. The lowest BCUT2D eigenvalue weighted by Crippen LogP contribution is -2.35. The minimum atomic E-state index is 0.200. The molecule has 1 unspecified atom stereocenters. The fraction of sp³-hybridized carbons (Fsp3) is 0.462. The molecule has 0 spiro atoms. The summed E-state index contributed by atoms with van der Waals surface area (Å²) in [6.07, 6.45) is 3.19. The highest BCUT2D eigenvalue weighted by Crippen LogP contribution is 2.18. The summed E-state index contributed by atoms with van der Waals surface area (Å²) in [7, 11) is 0. The molecule has 1 aliphatic heterocycles. The SMILES string of the molecule is O=CC1CCCN(Cc2ccc(O)cc2)C1. The van der Waals surface area contributed by atoms with Gasteiger partial charge in [0.05, 0.1) is 0 Å². The fourth-order valence-corrected chi connectivity index (χ4v) is 2.21. The van der Waals surface area contributed by atoms with Crippen molar-refractivity contribution in [1.29, 1.82) is 0 Å². The van der Waals surface area contributed by atoms with Crippen LogP contribution in [0.3, 0.4) is 0 Å². The van der Waals surface area contributed by atoms with Gasteiger partial charge in [0.15, 0.2) is 0 Å². The highest BCUT2D eigenvalue weighted by Gasteiger charge is 2.18. The van der Waals surface area contributed by atoms with Crippen LogP contribution in [0.4, 0.5) is 0 Å². The van der Waals surface area contributed by atoms with Gasteiger partial charge in [-0.25, -0.2) is 0 Å². The zero-order chi connectivity index (χ0) is 11.4. The Morgan fingerprint density at radius 1 is 1.38 bits per heavy atom. The molecule has 1 heterocycles. The minimum Gasteiger partial charge on any atom is -0.508 e. The number of hydrogen-bond acceptors (Lipinski definition) is 3. The molecule has 1 fully saturated rings. The van der Waals surface area contributed by atoms with Crippen LogP contribution in [0.1, 0.15) is 18.4 Å². The Hall–Kier alpha value is -1.35. The zero-order valence-corrected chi connectivity index (χ0v) is 9.30. The molecule has 1 saturated heterocycles. The van der Waals surface area contributed by atoms with Gasteiger partial charge in [0.1, 0.15) is 12.0 Å². The van der Waals surface area contributed by atoms with Crippen molar-refractivity contribution in [3.8, 4) is 5.75 Å². The first-order chi connectivity index (χ1) is 7.78. The number of likely N-dealkylation sites (tertiary alicyclic amines) is 1. The van der Waals surface area contributed by atoms with Gasteiger partial charge in [0, 0.05) is 19.0 Å².